The van der Waals surface area contributed by atoms with Crippen molar-refractivity contribution in [1.82, 2.24) is 9.88 Å². The summed E-state index contributed by atoms with van der Waals surface area (Å²) in [5, 5.41) is 15.3. The second kappa shape index (κ2) is 4.99. The Bertz CT molecular complexity index is 582. The van der Waals surface area contributed by atoms with Gasteiger partial charge < -0.3 is 15.0 Å². The molecule has 0 saturated carbocycles. The van der Waals surface area contributed by atoms with Crippen molar-refractivity contribution in [1.29, 1.82) is 0 Å². The summed E-state index contributed by atoms with van der Waals surface area (Å²) in [6, 6.07) is 6.62. The minimum atomic E-state index is -0.410. The summed E-state index contributed by atoms with van der Waals surface area (Å²) < 4.78 is 2.11. The second-order valence-corrected chi connectivity index (χ2v) is 5.72. The molecule has 2 atom stereocenters. The number of aliphatic hydroxyl groups excluding tert-OH is 1. The van der Waals surface area contributed by atoms with Gasteiger partial charge in [0.15, 0.2) is 0 Å². The molecule has 0 aliphatic carbocycles. The van der Waals surface area contributed by atoms with E-state index in [1.807, 2.05) is 7.05 Å². The van der Waals surface area contributed by atoms with Crippen molar-refractivity contribution in [2.75, 3.05) is 6.54 Å². The van der Waals surface area contributed by atoms with Crippen LogP contribution in [0.15, 0.2) is 24.4 Å². The maximum Gasteiger partial charge on any atom is 0.0963 e. The number of nitrogens with one attached hydrogen (secondary N) is 1. The molecule has 0 spiro atoms. The first kappa shape index (κ1) is 12.7. The predicted octanol–water partition coefficient (Wildman–Crippen LogP) is 2.66. The van der Waals surface area contributed by atoms with Gasteiger partial charge in [0.25, 0.3) is 0 Å². The quantitative estimate of drug-likeness (QED) is 0.869. The van der Waals surface area contributed by atoms with Crippen molar-refractivity contribution in [3.63, 3.8) is 0 Å². The smallest absolute Gasteiger partial charge is 0.0963 e. The van der Waals surface area contributed by atoms with Crippen molar-refractivity contribution in [3.05, 3.63) is 35.5 Å². The topological polar surface area (TPSA) is 37.2 Å². The summed E-state index contributed by atoms with van der Waals surface area (Å²) >= 11 is 0. The Labute approximate surface area is 114 Å². The minimum Gasteiger partial charge on any atom is -0.387 e. The van der Waals surface area contributed by atoms with E-state index < -0.39 is 6.10 Å². The van der Waals surface area contributed by atoms with Crippen molar-refractivity contribution >= 4 is 10.9 Å². The fraction of sp³-hybridized carbons (Fsp3) is 0.500. The Morgan fingerprint density at radius 1 is 1.37 bits per heavy atom. The van der Waals surface area contributed by atoms with E-state index >= 15 is 0 Å². The number of aliphatic hydroxyl groups is 1. The van der Waals surface area contributed by atoms with E-state index in [0.29, 0.717) is 0 Å². The van der Waals surface area contributed by atoms with E-state index in [-0.39, 0.29) is 6.04 Å². The molecule has 2 heterocycles. The highest BCUT2D eigenvalue weighted by atomic mass is 16.3. The molecule has 19 heavy (non-hydrogen) atoms. The Kier molecular flexibility index (Phi) is 3.33. The highest BCUT2D eigenvalue weighted by Gasteiger charge is 2.25. The lowest BCUT2D eigenvalue weighted by Gasteiger charge is -2.27. The summed E-state index contributed by atoms with van der Waals surface area (Å²) in [6.07, 6.45) is 5.15. The van der Waals surface area contributed by atoms with Crippen molar-refractivity contribution in [2.45, 2.75) is 38.3 Å². The third kappa shape index (κ3) is 2.28. The maximum atomic E-state index is 10.7. The molecular formula is C16H22N2O. The van der Waals surface area contributed by atoms with Crippen LogP contribution in [0.3, 0.4) is 0 Å². The fourth-order valence-electron chi connectivity index (χ4n) is 3.13. The highest BCUT2D eigenvalue weighted by molar-refractivity contribution is 5.85. The van der Waals surface area contributed by atoms with Crippen LogP contribution in [-0.2, 0) is 7.05 Å². The third-order valence-corrected chi connectivity index (χ3v) is 4.23. The van der Waals surface area contributed by atoms with E-state index in [2.05, 4.69) is 41.2 Å². The Morgan fingerprint density at radius 2 is 2.21 bits per heavy atom. The molecule has 1 fully saturated rings. The zero-order valence-corrected chi connectivity index (χ0v) is 11.7. The molecule has 2 N–H and O–H groups in total. The third-order valence-electron chi connectivity index (χ3n) is 4.23. The molecule has 2 aromatic rings. The van der Waals surface area contributed by atoms with Gasteiger partial charge in [0.1, 0.15) is 0 Å². The van der Waals surface area contributed by atoms with Crippen LogP contribution in [0.1, 0.15) is 36.5 Å². The number of hydrogen-bond acceptors (Lipinski definition) is 2. The average molecular weight is 258 g/mol. The van der Waals surface area contributed by atoms with E-state index in [1.165, 1.54) is 29.3 Å². The molecule has 3 heteroatoms. The lowest BCUT2D eigenvalue weighted by molar-refractivity contribution is 0.115. The molecule has 1 aliphatic rings. The number of aromatic nitrogens is 1. The van der Waals surface area contributed by atoms with Crippen LogP contribution in [0.4, 0.5) is 0 Å². The van der Waals surface area contributed by atoms with Crippen LogP contribution >= 0.6 is 0 Å². The van der Waals surface area contributed by atoms with Crippen LogP contribution < -0.4 is 5.32 Å². The van der Waals surface area contributed by atoms with Crippen molar-refractivity contribution in [2.24, 2.45) is 7.05 Å². The lowest BCUT2D eigenvalue weighted by atomic mass is 9.94. The normalized spacial score (nSPS) is 21.7. The first-order valence-electron chi connectivity index (χ1n) is 7.14. The van der Waals surface area contributed by atoms with Gasteiger partial charge in [-0.15, -0.1) is 0 Å². The minimum absolute atomic E-state index is 0.195. The molecule has 3 rings (SSSR count). The predicted molar refractivity (Wildman–Crippen MR) is 78.3 cm³/mol. The first-order valence-corrected chi connectivity index (χ1v) is 7.14. The van der Waals surface area contributed by atoms with Gasteiger partial charge in [-0.3, -0.25) is 0 Å². The molecule has 1 aliphatic heterocycles. The molecule has 1 saturated heterocycles. The number of aryl methyl sites for hydroxylation is 2. The molecule has 102 valence electrons. The fourth-order valence-corrected chi connectivity index (χ4v) is 3.13. The molecule has 0 bridgehead atoms. The summed E-state index contributed by atoms with van der Waals surface area (Å²) in [4.78, 5) is 0. The maximum absolute atomic E-state index is 10.7. The van der Waals surface area contributed by atoms with Crippen molar-refractivity contribution in [3.8, 4) is 0 Å². The Morgan fingerprint density at radius 3 is 2.95 bits per heavy atom. The van der Waals surface area contributed by atoms with E-state index in [0.717, 1.165) is 18.5 Å². The molecular weight excluding hydrogens is 236 g/mol. The van der Waals surface area contributed by atoms with Gasteiger partial charge in [-0.1, -0.05) is 18.6 Å². The average Bonchev–Trinajstić information content (AvgIpc) is 2.76. The largest absolute Gasteiger partial charge is 0.387 e. The Hall–Kier alpha value is -1.32. The van der Waals surface area contributed by atoms with Gasteiger partial charge >= 0.3 is 0 Å². The molecule has 0 amide bonds. The summed E-state index contributed by atoms with van der Waals surface area (Å²) in [5.74, 6) is 0. The van der Waals surface area contributed by atoms with Crippen LogP contribution in [0.5, 0.6) is 0 Å². The summed E-state index contributed by atoms with van der Waals surface area (Å²) in [5.41, 5.74) is 3.51. The molecule has 3 nitrogen and oxygen atoms in total. The SMILES string of the molecule is Cc1ccc2c(C(O)C3CCCCN3)cn(C)c2c1. The monoisotopic (exact) mass is 258 g/mol. The van der Waals surface area contributed by atoms with Crippen LogP contribution in [-0.4, -0.2) is 22.3 Å². The number of hydrogen-bond donors (Lipinski definition) is 2. The second-order valence-electron chi connectivity index (χ2n) is 5.72. The number of piperidine rings is 1. The van der Waals surface area contributed by atoms with Gasteiger partial charge in [0.05, 0.1) is 6.10 Å². The zero-order chi connectivity index (χ0) is 13.4. The van der Waals surface area contributed by atoms with Gasteiger partial charge in [-0.25, -0.2) is 0 Å². The Balaban J connectivity index is 2.00. The molecule has 1 aromatic carbocycles. The number of benzene rings is 1. The van der Waals surface area contributed by atoms with Crippen LogP contribution in [0.2, 0.25) is 0 Å². The number of rotatable bonds is 2. The molecule has 2 unspecified atom stereocenters. The van der Waals surface area contributed by atoms with E-state index in [1.54, 1.807) is 0 Å². The van der Waals surface area contributed by atoms with Gasteiger partial charge in [-0.2, -0.15) is 0 Å². The van der Waals surface area contributed by atoms with Gasteiger partial charge in [0.2, 0.25) is 0 Å². The molecule has 1 aromatic heterocycles. The number of fused-ring (bicyclic) bond motifs is 1. The number of nitrogens with zero attached hydrogens (tertiary/aromatic N) is 1. The van der Waals surface area contributed by atoms with Gasteiger partial charge in [0, 0.05) is 35.8 Å². The summed E-state index contributed by atoms with van der Waals surface area (Å²) in [7, 11) is 2.05. The zero-order valence-electron chi connectivity index (χ0n) is 11.7. The summed E-state index contributed by atoms with van der Waals surface area (Å²) in [6.45, 7) is 3.12. The first-order chi connectivity index (χ1) is 9.16. The van der Waals surface area contributed by atoms with Gasteiger partial charge in [-0.05, 0) is 37.9 Å². The lowest BCUT2D eigenvalue weighted by Crippen LogP contribution is -2.38. The van der Waals surface area contributed by atoms with Crippen molar-refractivity contribution < 1.29 is 5.11 Å². The van der Waals surface area contributed by atoms with E-state index in [4.69, 9.17) is 0 Å². The van der Waals surface area contributed by atoms with E-state index in [9.17, 15) is 5.11 Å². The highest BCUT2D eigenvalue weighted by Crippen LogP contribution is 2.30. The standard InChI is InChI=1S/C16H22N2O/c1-11-6-7-12-13(10-18(2)15(12)9-11)16(19)14-5-3-4-8-17-14/h6-7,9-10,14,16-17,19H,3-5,8H2,1-2H3. The van der Waals surface area contributed by atoms with Crippen LogP contribution in [0, 0.1) is 6.92 Å². The van der Waals surface area contributed by atoms with Crippen LogP contribution in [0.25, 0.3) is 10.9 Å². The molecule has 0 radical (unpaired) electrons.